The first-order chi connectivity index (χ1) is 11.0. The van der Waals surface area contributed by atoms with Crippen LogP contribution < -0.4 is 10.6 Å². The van der Waals surface area contributed by atoms with Crippen LogP contribution in [-0.4, -0.2) is 50.9 Å². The number of piperidine rings is 1. The van der Waals surface area contributed by atoms with E-state index in [1.807, 2.05) is 13.8 Å². The van der Waals surface area contributed by atoms with Crippen LogP contribution in [0.4, 0.5) is 0 Å². The molecule has 2 rings (SSSR count). The first-order valence-electron chi connectivity index (χ1n) is 8.10. The van der Waals surface area contributed by atoms with Crippen molar-refractivity contribution < 1.29 is 13.2 Å². The van der Waals surface area contributed by atoms with Crippen molar-refractivity contribution in [3.8, 4) is 0 Å². The van der Waals surface area contributed by atoms with Crippen LogP contribution in [0.3, 0.4) is 0 Å². The molecule has 1 fully saturated rings. The highest BCUT2D eigenvalue weighted by molar-refractivity contribution is 7.89. The lowest BCUT2D eigenvalue weighted by Gasteiger charge is -2.23. The number of rotatable bonds is 6. The average Bonchev–Trinajstić information content (AvgIpc) is 2.56. The van der Waals surface area contributed by atoms with E-state index in [0.717, 1.165) is 25.9 Å². The van der Waals surface area contributed by atoms with E-state index in [9.17, 15) is 13.2 Å². The average molecular weight is 376 g/mol. The Morgan fingerprint density at radius 1 is 1.17 bits per heavy atom. The number of hydrogen-bond acceptors (Lipinski definition) is 4. The minimum atomic E-state index is -3.48. The van der Waals surface area contributed by atoms with Crippen LogP contribution in [0.25, 0.3) is 0 Å². The lowest BCUT2D eigenvalue weighted by atomic mass is 10.1. The van der Waals surface area contributed by atoms with Gasteiger partial charge in [0.15, 0.2) is 0 Å². The number of amides is 1. The van der Waals surface area contributed by atoms with Crippen molar-refractivity contribution >= 4 is 28.3 Å². The van der Waals surface area contributed by atoms with Gasteiger partial charge in [-0.3, -0.25) is 4.79 Å². The maximum atomic E-state index is 12.4. The highest BCUT2D eigenvalue weighted by atomic mass is 35.5. The number of nitrogens with one attached hydrogen (secondary N) is 2. The quantitative estimate of drug-likeness (QED) is 0.792. The van der Waals surface area contributed by atoms with Gasteiger partial charge in [-0.05, 0) is 50.2 Å². The second kappa shape index (κ2) is 9.36. The summed E-state index contributed by atoms with van der Waals surface area (Å²) in [4.78, 5) is 12.5. The molecule has 1 aliphatic heterocycles. The predicted octanol–water partition coefficient (Wildman–Crippen LogP) is 1.62. The fourth-order valence-electron chi connectivity index (χ4n) is 2.73. The van der Waals surface area contributed by atoms with E-state index in [2.05, 4.69) is 10.6 Å². The highest BCUT2D eigenvalue weighted by Crippen LogP contribution is 2.16. The number of hydrogen-bond donors (Lipinski definition) is 2. The molecule has 8 heteroatoms. The summed E-state index contributed by atoms with van der Waals surface area (Å²) in [6.45, 7) is 6.29. The lowest BCUT2D eigenvalue weighted by molar-refractivity contribution is 0.0929. The Balaban J connectivity index is 0.00000288. The maximum Gasteiger partial charge on any atom is 0.251 e. The Morgan fingerprint density at radius 3 is 2.21 bits per heavy atom. The van der Waals surface area contributed by atoms with Crippen molar-refractivity contribution in [3.63, 3.8) is 0 Å². The van der Waals surface area contributed by atoms with Crippen molar-refractivity contribution in [2.45, 2.75) is 37.6 Å². The second-order valence-corrected chi connectivity index (χ2v) is 7.55. The molecule has 24 heavy (non-hydrogen) atoms. The van der Waals surface area contributed by atoms with Gasteiger partial charge in [-0.1, -0.05) is 13.8 Å². The van der Waals surface area contributed by atoms with Gasteiger partial charge in [0.2, 0.25) is 10.0 Å². The Hall–Kier alpha value is -1.15. The molecule has 1 aromatic rings. The van der Waals surface area contributed by atoms with Gasteiger partial charge in [-0.2, -0.15) is 4.31 Å². The van der Waals surface area contributed by atoms with E-state index < -0.39 is 10.0 Å². The third-order valence-electron chi connectivity index (χ3n) is 4.13. The summed E-state index contributed by atoms with van der Waals surface area (Å²) in [6, 6.07) is 6.35. The Labute approximate surface area is 150 Å². The van der Waals surface area contributed by atoms with Crippen LogP contribution in [0.15, 0.2) is 29.2 Å². The summed E-state index contributed by atoms with van der Waals surface area (Å²) < 4.78 is 26.2. The normalized spacial score (nSPS) is 15.8. The number of halogens is 1. The SMILES string of the molecule is CCN(CC)S(=O)(=O)c1ccc(C(=O)NC2CCNCC2)cc1.Cl. The molecule has 1 amide bonds. The largest absolute Gasteiger partial charge is 0.349 e. The smallest absolute Gasteiger partial charge is 0.251 e. The van der Waals surface area contributed by atoms with Crippen LogP contribution in [-0.2, 0) is 10.0 Å². The molecule has 0 bridgehead atoms. The maximum absolute atomic E-state index is 12.4. The van der Waals surface area contributed by atoms with E-state index in [4.69, 9.17) is 0 Å². The van der Waals surface area contributed by atoms with E-state index in [1.54, 1.807) is 12.1 Å². The summed E-state index contributed by atoms with van der Waals surface area (Å²) in [6.07, 6.45) is 1.83. The first kappa shape index (κ1) is 20.9. The fourth-order valence-corrected chi connectivity index (χ4v) is 4.18. The van der Waals surface area contributed by atoms with Crippen LogP contribution >= 0.6 is 12.4 Å². The molecule has 6 nitrogen and oxygen atoms in total. The molecule has 0 unspecified atom stereocenters. The Morgan fingerprint density at radius 2 is 1.71 bits per heavy atom. The van der Waals surface area contributed by atoms with Gasteiger partial charge >= 0.3 is 0 Å². The Kier molecular flexibility index (Phi) is 8.15. The molecule has 0 spiro atoms. The van der Waals surface area contributed by atoms with E-state index in [1.165, 1.54) is 16.4 Å². The van der Waals surface area contributed by atoms with Gasteiger partial charge in [0, 0.05) is 24.7 Å². The molecule has 0 aliphatic carbocycles. The minimum Gasteiger partial charge on any atom is -0.349 e. The third-order valence-corrected chi connectivity index (χ3v) is 6.20. The van der Waals surface area contributed by atoms with Gasteiger partial charge in [0.05, 0.1) is 4.90 Å². The number of nitrogens with zero attached hydrogens (tertiary/aromatic N) is 1. The summed E-state index contributed by atoms with van der Waals surface area (Å²) in [5.41, 5.74) is 0.488. The van der Waals surface area contributed by atoms with Crippen LogP contribution in [0.1, 0.15) is 37.0 Å². The highest BCUT2D eigenvalue weighted by Gasteiger charge is 2.22. The molecule has 1 aromatic carbocycles. The number of carbonyl (C=O) groups is 1. The van der Waals surface area contributed by atoms with Crippen molar-refractivity contribution in [1.29, 1.82) is 0 Å². The second-order valence-electron chi connectivity index (χ2n) is 5.61. The van der Waals surface area contributed by atoms with Crippen molar-refractivity contribution in [2.75, 3.05) is 26.2 Å². The Bertz CT molecular complexity index is 624. The molecule has 0 radical (unpaired) electrons. The summed E-state index contributed by atoms with van der Waals surface area (Å²) in [5, 5.41) is 6.25. The van der Waals surface area contributed by atoms with Gasteiger partial charge in [-0.25, -0.2) is 8.42 Å². The van der Waals surface area contributed by atoms with Gasteiger partial charge in [0.1, 0.15) is 0 Å². The van der Waals surface area contributed by atoms with Gasteiger partial charge in [0.25, 0.3) is 5.91 Å². The van der Waals surface area contributed by atoms with Crippen LogP contribution in [0, 0.1) is 0 Å². The van der Waals surface area contributed by atoms with Crippen molar-refractivity contribution in [1.82, 2.24) is 14.9 Å². The topological polar surface area (TPSA) is 78.5 Å². The van der Waals surface area contributed by atoms with Gasteiger partial charge < -0.3 is 10.6 Å². The summed E-state index contributed by atoms with van der Waals surface area (Å²) in [5.74, 6) is -0.149. The van der Waals surface area contributed by atoms with E-state index in [0.29, 0.717) is 18.7 Å². The molecule has 0 saturated carbocycles. The molecule has 136 valence electrons. The molecule has 1 aliphatic rings. The third kappa shape index (κ3) is 4.92. The van der Waals surface area contributed by atoms with Crippen molar-refractivity contribution in [2.24, 2.45) is 0 Å². The molecular formula is C16H26ClN3O3S. The fraction of sp³-hybridized carbons (Fsp3) is 0.562. The number of benzene rings is 1. The zero-order chi connectivity index (χ0) is 16.9. The standard InChI is InChI=1S/C16H25N3O3S.ClH/c1-3-19(4-2)23(21,22)15-7-5-13(6-8-15)16(20)18-14-9-11-17-12-10-14;/h5-8,14,17H,3-4,9-12H2,1-2H3,(H,18,20);1H. The summed E-state index contributed by atoms with van der Waals surface area (Å²) in [7, 11) is -3.48. The van der Waals surface area contributed by atoms with E-state index >= 15 is 0 Å². The van der Waals surface area contributed by atoms with Gasteiger partial charge in [-0.15, -0.1) is 12.4 Å². The first-order valence-corrected chi connectivity index (χ1v) is 9.54. The van der Waals surface area contributed by atoms with Crippen LogP contribution in [0.5, 0.6) is 0 Å². The minimum absolute atomic E-state index is 0. The van der Waals surface area contributed by atoms with E-state index in [-0.39, 0.29) is 29.3 Å². The molecule has 1 heterocycles. The van der Waals surface area contributed by atoms with Crippen molar-refractivity contribution in [3.05, 3.63) is 29.8 Å². The zero-order valence-electron chi connectivity index (χ0n) is 14.1. The number of sulfonamides is 1. The summed E-state index contributed by atoms with van der Waals surface area (Å²) >= 11 is 0. The molecule has 0 atom stereocenters. The molecular weight excluding hydrogens is 350 g/mol. The molecule has 1 saturated heterocycles. The van der Waals surface area contributed by atoms with Crippen LogP contribution in [0.2, 0.25) is 0 Å². The monoisotopic (exact) mass is 375 g/mol. The predicted molar refractivity (Wildman–Crippen MR) is 97.2 cm³/mol. The molecule has 0 aromatic heterocycles. The zero-order valence-corrected chi connectivity index (χ0v) is 15.8. The number of carbonyl (C=O) groups excluding carboxylic acids is 1. The molecule has 2 N–H and O–H groups in total. The lowest BCUT2D eigenvalue weighted by Crippen LogP contribution is -2.42.